The maximum atomic E-state index is 13.9. The number of nitrogens with one attached hydrogen (secondary N) is 1. The van der Waals surface area contributed by atoms with Crippen molar-refractivity contribution in [2.75, 3.05) is 24.6 Å². The van der Waals surface area contributed by atoms with Crippen molar-refractivity contribution < 1.29 is 22.9 Å². The number of aryl methyl sites for hydroxylation is 1. The summed E-state index contributed by atoms with van der Waals surface area (Å²) in [5, 5.41) is 5.44. The number of amides is 2. The second-order valence-electron chi connectivity index (χ2n) is 9.77. The Morgan fingerprint density at radius 2 is 1.55 bits per heavy atom. The fourth-order valence-corrected chi connectivity index (χ4v) is 5.04. The van der Waals surface area contributed by atoms with Crippen LogP contribution < -0.4 is 10.4 Å². The van der Waals surface area contributed by atoms with Gasteiger partial charge < -0.3 is 9.42 Å². The number of carbonyl (C=O) groups excluding carboxylic acids is 2. The van der Waals surface area contributed by atoms with Crippen LogP contribution in [0.25, 0.3) is 11.5 Å². The number of hydrogen-bond acceptors (Lipinski definition) is 6. The van der Waals surface area contributed by atoms with Crippen LogP contribution in [0.15, 0.2) is 77.3 Å². The number of piperidine rings is 1. The highest BCUT2D eigenvalue weighted by atomic mass is 19.1. The Morgan fingerprint density at radius 1 is 0.950 bits per heavy atom. The van der Waals surface area contributed by atoms with Crippen molar-refractivity contribution in [1.82, 2.24) is 20.5 Å². The van der Waals surface area contributed by atoms with E-state index in [0.29, 0.717) is 66.6 Å². The fourth-order valence-electron chi connectivity index (χ4n) is 5.04. The molecule has 0 saturated carbocycles. The normalized spacial score (nSPS) is 14.6. The van der Waals surface area contributed by atoms with Gasteiger partial charge in [0.25, 0.3) is 11.8 Å². The Labute approximate surface area is 230 Å². The van der Waals surface area contributed by atoms with Crippen LogP contribution in [0.5, 0.6) is 0 Å². The van der Waals surface area contributed by atoms with Crippen LogP contribution in [-0.4, -0.2) is 46.5 Å². The zero-order valence-corrected chi connectivity index (χ0v) is 22.2. The van der Waals surface area contributed by atoms with Crippen LogP contribution in [0, 0.1) is 18.6 Å². The van der Waals surface area contributed by atoms with Crippen molar-refractivity contribution in [1.29, 1.82) is 0 Å². The molecular formula is C30H29F2N5O3. The molecule has 2 amide bonds. The van der Waals surface area contributed by atoms with E-state index >= 15 is 0 Å². The summed E-state index contributed by atoms with van der Waals surface area (Å²) < 4.78 is 32.4. The molecule has 0 atom stereocenters. The van der Waals surface area contributed by atoms with Crippen LogP contribution >= 0.6 is 0 Å². The van der Waals surface area contributed by atoms with Crippen LogP contribution in [-0.2, 0) is 10.2 Å². The smallest absolute Gasteiger partial charge is 0.257 e. The van der Waals surface area contributed by atoms with Crippen molar-refractivity contribution in [3.8, 4) is 11.5 Å². The van der Waals surface area contributed by atoms with Crippen LogP contribution in [0.1, 0.15) is 41.5 Å². The standard InChI is InChI=1S/C30H29F2N5O3/c1-3-37(26-14-12-25(32)13-15-26)34-29(39)30(23-8-10-24(31)11-9-23)16-18-36(19-17-30)28(38)22-6-4-21(5-7-22)27-33-20(2)35-40-27/h4-15H,3,16-19H2,1-2H3,(H,34,39). The minimum Gasteiger partial charge on any atom is -0.339 e. The number of aromatic nitrogens is 2. The lowest BCUT2D eigenvalue weighted by atomic mass is 9.72. The van der Waals surface area contributed by atoms with Crippen molar-refractivity contribution in [3.63, 3.8) is 0 Å². The molecule has 10 heteroatoms. The summed E-state index contributed by atoms with van der Waals surface area (Å²) in [5.41, 5.74) is 4.52. The van der Waals surface area contributed by atoms with E-state index in [1.165, 1.54) is 24.3 Å². The van der Waals surface area contributed by atoms with Gasteiger partial charge in [0.2, 0.25) is 5.91 Å². The molecule has 4 aromatic rings. The molecule has 8 nitrogen and oxygen atoms in total. The number of rotatable bonds is 7. The molecule has 5 rings (SSSR count). The van der Waals surface area contributed by atoms with Gasteiger partial charge in [-0.05, 0) is 92.9 Å². The molecule has 1 aliphatic heterocycles. The Hall–Kier alpha value is -4.60. The van der Waals surface area contributed by atoms with E-state index < -0.39 is 11.2 Å². The number of likely N-dealkylation sites (tertiary alicyclic amines) is 1. The zero-order chi connectivity index (χ0) is 28.3. The van der Waals surface area contributed by atoms with Crippen LogP contribution in [0.3, 0.4) is 0 Å². The molecule has 2 heterocycles. The number of nitrogens with zero attached hydrogens (tertiary/aromatic N) is 4. The Balaban J connectivity index is 1.34. The van der Waals surface area contributed by atoms with Crippen LogP contribution in [0.4, 0.5) is 14.5 Å². The van der Waals surface area contributed by atoms with Gasteiger partial charge in [-0.3, -0.25) is 20.0 Å². The van der Waals surface area contributed by atoms with Gasteiger partial charge in [0.1, 0.15) is 11.6 Å². The summed E-state index contributed by atoms with van der Waals surface area (Å²) in [5.74, 6) is -0.277. The molecule has 1 aliphatic rings. The molecule has 0 radical (unpaired) electrons. The van der Waals surface area contributed by atoms with E-state index in [1.807, 2.05) is 6.92 Å². The number of hydrogen-bond donors (Lipinski definition) is 1. The summed E-state index contributed by atoms with van der Waals surface area (Å²) in [6.07, 6.45) is 0.688. The fraction of sp³-hybridized carbons (Fsp3) is 0.267. The molecular weight excluding hydrogens is 516 g/mol. The van der Waals surface area contributed by atoms with Gasteiger partial charge in [-0.25, -0.2) is 8.78 Å². The molecule has 40 heavy (non-hydrogen) atoms. The van der Waals surface area contributed by atoms with E-state index in [1.54, 1.807) is 65.4 Å². The average Bonchev–Trinajstić information content (AvgIpc) is 3.42. The van der Waals surface area contributed by atoms with Gasteiger partial charge >= 0.3 is 0 Å². The molecule has 3 aromatic carbocycles. The van der Waals surface area contributed by atoms with Gasteiger partial charge in [-0.2, -0.15) is 4.98 Å². The van der Waals surface area contributed by atoms with Gasteiger partial charge in [0, 0.05) is 30.8 Å². The molecule has 0 aliphatic carbocycles. The minimum atomic E-state index is -0.988. The third kappa shape index (κ3) is 5.42. The highest BCUT2D eigenvalue weighted by molar-refractivity contribution is 5.95. The first-order chi connectivity index (χ1) is 19.3. The minimum absolute atomic E-state index is 0.150. The summed E-state index contributed by atoms with van der Waals surface area (Å²) in [7, 11) is 0. The van der Waals surface area contributed by atoms with E-state index in [4.69, 9.17) is 4.52 Å². The second kappa shape index (κ2) is 11.3. The van der Waals surface area contributed by atoms with E-state index in [2.05, 4.69) is 15.6 Å². The third-order valence-electron chi connectivity index (χ3n) is 7.33. The number of hydrazine groups is 1. The predicted molar refractivity (Wildman–Crippen MR) is 145 cm³/mol. The molecule has 1 N–H and O–H groups in total. The second-order valence-corrected chi connectivity index (χ2v) is 9.77. The van der Waals surface area contributed by atoms with Crippen molar-refractivity contribution >= 4 is 17.5 Å². The molecule has 0 spiro atoms. The number of benzene rings is 3. The highest BCUT2D eigenvalue weighted by Gasteiger charge is 2.44. The third-order valence-corrected chi connectivity index (χ3v) is 7.33. The SMILES string of the molecule is CCN(NC(=O)C1(c2ccc(F)cc2)CCN(C(=O)c2ccc(-c3nc(C)no3)cc2)CC1)c1ccc(F)cc1. The Kier molecular flexibility index (Phi) is 7.59. The van der Waals surface area contributed by atoms with Gasteiger partial charge in [0.05, 0.1) is 11.1 Å². The molecule has 1 saturated heterocycles. The molecule has 0 bridgehead atoms. The number of carbonyl (C=O) groups is 2. The maximum absolute atomic E-state index is 13.9. The number of halogens is 2. The van der Waals surface area contributed by atoms with Crippen molar-refractivity contribution in [2.45, 2.75) is 32.1 Å². The Bertz CT molecular complexity index is 1480. The lowest BCUT2D eigenvalue weighted by Crippen LogP contribution is -2.56. The summed E-state index contributed by atoms with van der Waals surface area (Å²) >= 11 is 0. The quantitative estimate of drug-likeness (QED) is 0.327. The highest BCUT2D eigenvalue weighted by Crippen LogP contribution is 2.37. The van der Waals surface area contributed by atoms with Crippen molar-refractivity contribution in [2.24, 2.45) is 0 Å². The zero-order valence-electron chi connectivity index (χ0n) is 22.2. The monoisotopic (exact) mass is 545 g/mol. The largest absolute Gasteiger partial charge is 0.339 e. The number of anilines is 1. The van der Waals surface area contributed by atoms with Gasteiger partial charge in [-0.1, -0.05) is 17.3 Å². The molecule has 206 valence electrons. The summed E-state index contributed by atoms with van der Waals surface area (Å²) in [4.78, 5) is 33.2. The van der Waals surface area contributed by atoms with E-state index in [0.717, 1.165) is 0 Å². The molecule has 1 aromatic heterocycles. The lowest BCUT2D eigenvalue weighted by molar-refractivity contribution is -0.128. The summed E-state index contributed by atoms with van der Waals surface area (Å²) in [6.45, 7) is 4.71. The van der Waals surface area contributed by atoms with Gasteiger partial charge in [-0.15, -0.1) is 0 Å². The first-order valence-electron chi connectivity index (χ1n) is 13.1. The van der Waals surface area contributed by atoms with E-state index in [9.17, 15) is 18.4 Å². The van der Waals surface area contributed by atoms with E-state index in [-0.39, 0.29) is 17.6 Å². The average molecular weight is 546 g/mol. The first-order valence-corrected chi connectivity index (χ1v) is 13.1. The topological polar surface area (TPSA) is 91.6 Å². The lowest BCUT2D eigenvalue weighted by Gasteiger charge is -2.42. The van der Waals surface area contributed by atoms with Crippen LogP contribution in [0.2, 0.25) is 0 Å². The van der Waals surface area contributed by atoms with Gasteiger partial charge in [0.15, 0.2) is 5.82 Å². The molecule has 0 unspecified atom stereocenters. The predicted octanol–water partition coefficient (Wildman–Crippen LogP) is 5.05. The first kappa shape index (κ1) is 27.0. The van der Waals surface area contributed by atoms with Crippen molar-refractivity contribution in [3.05, 3.63) is 101 Å². The maximum Gasteiger partial charge on any atom is 0.257 e. The Morgan fingerprint density at radius 3 is 2.10 bits per heavy atom. The summed E-state index contributed by atoms with van der Waals surface area (Å²) in [6, 6.07) is 18.7. The molecule has 1 fully saturated rings.